The van der Waals surface area contributed by atoms with E-state index in [1.165, 1.54) is 17.8 Å². The fraction of sp³-hybridized carbons (Fsp3) is 0.375. The minimum absolute atomic E-state index is 0.0963. The van der Waals surface area contributed by atoms with Crippen LogP contribution in [-0.2, 0) is 26.6 Å². The lowest BCUT2D eigenvalue weighted by molar-refractivity contribution is 0.195. The number of halogens is 1. The number of benzene rings is 1. The molecule has 1 aromatic carbocycles. The van der Waals surface area contributed by atoms with Crippen molar-refractivity contribution in [2.24, 2.45) is 7.05 Å². The Kier molecular flexibility index (Phi) is 4.09. The molecule has 0 saturated carbocycles. The van der Waals surface area contributed by atoms with E-state index in [0.717, 1.165) is 30.5 Å². The number of carbonyl (C=O) groups is 1. The first-order valence-corrected chi connectivity index (χ1v) is 7.40. The van der Waals surface area contributed by atoms with E-state index in [2.05, 4.69) is 10.4 Å². The highest BCUT2D eigenvalue weighted by Gasteiger charge is 2.20. The van der Waals surface area contributed by atoms with Gasteiger partial charge in [0.05, 0.1) is 12.7 Å². The third kappa shape index (κ3) is 3.10. The second-order valence-corrected chi connectivity index (χ2v) is 5.55. The summed E-state index contributed by atoms with van der Waals surface area (Å²) in [6.07, 6.45) is 3.70. The molecule has 1 N–H and O–H groups in total. The lowest BCUT2D eigenvalue weighted by Gasteiger charge is -2.20. The number of hydrogen-bond acceptors (Lipinski definition) is 2. The summed E-state index contributed by atoms with van der Waals surface area (Å²) in [5.74, 6) is -0.272. The van der Waals surface area contributed by atoms with E-state index in [-0.39, 0.29) is 11.8 Å². The highest BCUT2D eigenvalue weighted by molar-refractivity contribution is 5.74. The highest BCUT2D eigenvalue weighted by Crippen LogP contribution is 2.17. The summed E-state index contributed by atoms with van der Waals surface area (Å²) in [4.78, 5) is 14.1. The molecule has 0 radical (unpaired) electrons. The van der Waals surface area contributed by atoms with Gasteiger partial charge in [-0.05, 0) is 30.5 Å². The monoisotopic (exact) mass is 302 g/mol. The zero-order valence-electron chi connectivity index (χ0n) is 12.6. The molecule has 0 aliphatic carbocycles. The van der Waals surface area contributed by atoms with Gasteiger partial charge in [0.1, 0.15) is 5.82 Å². The van der Waals surface area contributed by atoms with Gasteiger partial charge >= 0.3 is 6.03 Å². The average molecular weight is 302 g/mol. The first kappa shape index (κ1) is 14.6. The van der Waals surface area contributed by atoms with Crippen LogP contribution >= 0.6 is 0 Å². The Bertz CT molecular complexity index is 665. The number of urea groups is 1. The maximum Gasteiger partial charge on any atom is 0.317 e. The maximum absolute atomic E-state index is 12.9. The van der Waals surface area contributed by atoms with Crippen molar-refractivity contribution in [2.45, 2.75) is 25.9 Å². The molecule has 0 saturated heterocycles. The fourth-order valence-corrected chi connectivity index (χ4v) is 2.75. The van der Waals surface area contributed by atoms with Crippen molar-refractivity contribution >= 4 is 6.03 Å². The third-order valence-electron chi connectivity index (χ3n) is 4.00. The van der Waals surface area contributed by atoms with Crippen LogP contribution in [0.4, 0.5) is 9.18 Å². The lowest BCUT2D eigenvalue weighted by atomic mass is 10.2. The number of carbonyl (C=O) groups excluding carboxylic acids is 1. The summed E-state index contributed by atoms with van der Waals surface area (Å²) in [5, 5.41) is 7.15. The minimum atomic E-state index is -0.272. The van der Waals surface area contributed by atoms with Crippen LogP contribution in [0.1, 0.15) is 23.2 Å². The number of rotatable bonds is 2. The van der Waals surface area contributed by atoms with Gasteiger partial charge in [0, 0.05) is 31.4 Å². The minimum Gasteiger partial charge on any atom is -0.334 e. The largest absolute Gasteiger partial charge is 0.334 e. The first-order chi connectivity index (χ1) is 10.6. The maximum atomic E-state index is 12.9. The third-order valence-corrected chi connectivity index (χ3v) is 4.00. The lowest BCUT2D eigenvalue weighted by Crippen LogP contribution is -2.39. The number of hydrogen-bond donors (Lipinski definition) is 1. The van der Waals surface area contributed by atoms with Gasteiger partial charge in [-0.3, -0.25) is 4.68 Å². The molecular formula is C16H19FN4O. The summed E-state index contributed by atoms with van der Waals surface area (Å²) in [5.41, 5.74) is 3.19. The number of nitrogens with zero attached hydrogens (tertiary/aromatic N) is 3. The van der Waals surface area contributed by atoms with Crippen molar-refractivity contribution in [3.05, 3.63) is 53.1 Å². The van der Waals surface area contributed by atoms with Gasteiger partial charge < -0.3 is 10.2 Å². The second-order valence-electron chi connectivity index (χ2n) is 5.55. The van der Waals surface area contributed by atoms with Gasteiger partial charge in [0.25, 0.3) is 0 Å². The molecule has 2 amide bonds. The Labute approximate surface area is 128 Å². The van der Waals surface area contributed by atoms with Gasteiger partial charge in [-0.1, -0.05) is 12.1 Å². The number of amides is 2. The Balaban J connectivity index is 1.61. The van der Waals surface area contributed by atoms with Crippen LogP contribution in [0.2, 0.25) is 0 Å². The molecule has 1 aromatic heterocycles. The van der Waals surface area contributed by atoms with Crippen molar-refractivity contribution < 1.29 is 9.18 Å². The summed E-state index contributed by atoms with van der Waals surface area (Å²) in [6.45, 7) is 1.71. The smallest absolute Gasteiger partial charge is 0.317 e. The Morgan fingerprint density at radius 1 is 1.36 bits per heavy atom. The van der Waals surface area contributed by atoms with Crippen molar-refractivity contribution in [3.8, 4) is 0 Å². The Morgan fingerprint density at radius 2 is 2.14 bits per heavy atom. The summed E-state index contributed by atoms with van der Waals surface area (Å²) >= 11 is 0. The standard InChI is InChI=1S/C16H19FN4O/c1-20-15-3-2-8-21(11-13(15)10-19-20)16(22)18-9-12-4-6-14(17)7-5-12/h4-7,10H,2-3,8-9,11H2,1H3,(H,18,22). The number of aryl methyl sites for hydroxylation is 1. The molecule has 0 fully saturated rings. The van der Waals surface area contributed by atoms with Crippen LogP contribution in [0.5, 0.6) is 0 Å². The molecule has 0 atom stereocenters. The zero-order valence-corrected chi connectivity index (χ0v) is 12.6. The van der Waals surface area contributed by atoms with Crippen LogP contribution in [0.3, 0.4) is 0 Å². The van der Waals surface area contributed by atoms with Crippen molar-refractivity contribution in [1.29, 1.82) is 0 Å². The van der Waals surface area contributed by atoms with E-state index in [0.29, 0.717) is 13.1 Å². The fourth-order valence-electron chi connectivity index (χ4n) is 2.75. The number of aromatic nitrogens is 2. The Morgan fingerprint density at radius 3 is 2.91 bits per heavy atom. The summed E-state index contributed by atoms with van der Waals surface area (Å²) < 4.78 is 14.7. The molecule has 1 aliphatic heterocycles. The Hall–Kier alpha value is -2.37. The predicted octanol–water partition coefficient (Wildman–Crippen LogP) is 2.22. The molecule has 1 aliphatic rings. The SMILES string of the molecule is Cn1ncc2c1CCCN(C(=O)NCc1ccc(F)cc1)C2. The predicted molar refractivity (Wildman–Crippen MR) is 80.6 cm³/mol. The van der Waals surface area contributed by atoms with Crippen LogP contribution in [-0.4, -0.2) is 27.3 Å². The van der Waals surface area contributed by atoms with Gasteiger partial charge in [-0.2, -0.15) is 5.10 Å². The van der Waals surface area contributed by atoms with E-state index in [1.54, 1.807) is 17.0 Å². The molecule has 2 aromatic rings. The molecule has 0 spiro atoms. The van der Waals surface area contributed by atoms with Gasteiger partial charge in [0.15, 0.2) is 0 Å². The molecule has 5 nitrogen and oxygen atoms in total. The van der Waals surface area contributed by atoms with Crippen molar-refractivity contribution in [2.75, 3.05) is 6.54 Å². The second kappa shape index (κ2) is 6.17. The molecule has 116 valence electrons. The molecule has 0 unspecified atom stereocenters. The molecule has 0 bridgehead atoms. The molecule has 3 rings (SSSR count). The van der Waals surface area contributed by atoms with E-state index in [1.807, 2.05) is 17.9 Å². The number of nitrogens with one attached hydrogen (secondary N) is 1. The van der Waals surface area contributed by atoms with E-state index in [4.69, 9.17) is 0 Å². The molecule has 6 heteroatoms. The van der Waals surface area contributed by atoms with Gasteiger partial charge in [-0.15, -0.1) is 0 Å². The van der Waals surface area contributed by atoms with Crippen LogP contribution in [0, 0.1) is 5.82 Å². The highest BCUT2D eigenvalue weighted by atomic mass is 19.1. The summed E-state index contributed by atoms with van der Waals surface area (Å²) in [6, 6.07) is 6.06. The van der Waals surface area contributed by atoms with Crippen molar-refractivity contribution in [1.82, 2.24) is 20.0 Å². The van der Waals surface area contributed by atoms with Crippen LogP contribution in [0.25, 0.3) is 0 Å². The van der Waals surface area contributed by atoms with E-state index in [9.17, 15) is 9.18 Å². The quantitative estimate of drug-likeness (QED) is 0.925. The van der Waals surface area contributed by atoms with E-state index >= 15 is 0 Å². The summed E-state index contributed by atoms with van der Waals surface area (Å²) in [7, 11) is 1.93. The number of fused-ring (bicyclic) bond motifs is 1. The van der Waals surface area contributed by atoms with Gasteiger partial charge in [0.2, 0.25) is 0 Å². The normalized spacial score (nSPS) is 14.4. The van der Waals surface area contributed by atoms with Crippen molar-refractivity contribution in [3.63, 3.8) is 0 Å². The van der Waals surface area contributed by atoms with Crippen LogP contribution in [0.15, 0.2) is 30.5 Å². The van der Waals surface area contributed by atoms with Gasteiger partial charge in [-0.25, -0.2) is 9.18 Å². The first-order valence-electron chi connectivity index (χ1n) is 7.40. The topological polar surface area (TPSA) is 50.2 Å². The van der Waals surface area contributed by atoms with Crippen LogP contribution < -0.4 is 5.32 Å². The molecule has 22 heavy (non-hydrogen) atoms. The average Bonchev–Trinajstić information content (AvgIpc) is 2.74. The van der Waals surface area contributed by atoms with E-state index < -0.39 is 0 Å². The molecular weight excluding hydrogens is 283 g/mol. The molecule has 2 heterocycles. The zero-order chi connectivity index (χ0) is 15.5.